The van der Waals surface area contributed by atoms with Crippen LogP contribution in [0.25, 0.3) is 0 Å². The summed E-state index contributed by atoms with van der Waals surface area (Å²) in [7, 11) is 5.29. The zero-order valence-electron chi connectivity index (χ0n) is 18.6. The van der Waals surface area contributed by atoms with Gasteiger partial charge in [-0.25, -0.2) is 13.2 Å². The molecule has 0 unspecified atom stereocenters. The number of hydrogen-bond acceptors (Lipinski definition) is 3. The maximum Gasteiger partial charge on any atom is 0.146 e. The second kappa shape index (κ2) is 15.9. The molecule has 3 nitrogen and oxygen atoms in total. The van der Waals surface area contributed by atoms with Crippen molar-refractivity contribution in [2.45, 2.75) is 19.6 Å². The Kier molecular flexibility index (Phi) is 14.1. The van der Waals surface area contributed by atoms with E-state index in [2.05, 4.69) is 16.0 Å². The van der Waals surface area contributed by atoms with Gasteiger partial charge in [0.15, 0.2) is 0 Å². The predicted octanol–water partition coefficient (Wildman–Crippen LogP) is 6.60. The fraction of sp³-hybridized carbons (Fsp3) is 0.250. The first kappa shape index (κ1) is 29.2. The van der Waals surface area contributed by atoms with Gasteiger partial charge in [0.2, 0.25) is 0 Å². The molecular weight excluding hydrogens is 494 g/mol. The first-order valence-corrected chi connectivity index (χ1v) is 11.1. The first-order chi connectivity index (χ1) is 15.8. The summed E-state index contributed by atoms with van der Waals surface area (Å²) in [6.07, 6.45) is 0. The Morgan fingerprint density at radius 2 is 0.758 bits per heavy atom. The Morgan fingerprint density at radius 1 is 0.515 bits per heavy atom. The highest BCUT2D eigenvalue weighted by Crippen LogP contribution is 2.18. The van der Waals surface area contributed by atoms with E-state index in [9.17, 15) is 13.2 Å². The van der Waals surface area contributed by atoms with Crippen LogP contribution in [0.3, 0.4) is 0 Å². The van der Waals surface area contributed by atoms with Gasteiger partial charge in [-0.3, -0.25) is 0 Å². The van der Waals surface area contributed by atoms with E-state index in [1.54, 1.807) is 57.5 Å². The van der Waals surface area contributed by atoms with Gasteiger partial charge in [0.05, 0.1) is 15.1 Å². The second-order valence-corrected chi connectivity index (χ2v) is 7.95. The lowest BCUT2D eigenvalue weighted by Gasteiger charge is -2.01. The smallest absolute Gasteiger partial charge is 0.146 e. The molecule has 0 aliphatic heterocycles. The van der Waals surface area contributed by atoms with Gasteiger partial charge in [0.25, 0.3) is 0 Å². The largest absolute Gasteiger partial charge is 0.316 e. The third-order valence-corrected chi connectivity index (χ3v) is 5.07. The summed E-state index contributed by atoms with van der Waals surface area (Å²) in [6, 6.07) is 14.9. The zero-order chi connectivity index (χ0) is 24.8. The zero-order valence-corrected chi connectivity index (χ0v) is 20.9. The lowest BCUT2D eigenvalue weighted by Crippen LogP contribution is -2.06. The molecule has 0 amide bonds. The van der Waals surface area contributed by atoms with Crippen molar-refractivity contribution in [3.63, 3.8) is 0 Å². The van der Waals surface area contributed by atoms with Crippen LogP contribution in [0, 0.1) is 17.5 Å². The van der Waals surface area contributed by atoms with E-state index in [-0.39, 0.29) is 32.5 Å². The third kappa shape index (κ3) is 9.92. The molecule has 0 atom stereocenters. The molecule has 0 fully saturated rings. The standard InChI is InChI=1S/3C8H9ClFN/c3*1-11-5-6-3-2-4-7(9)8(6)10/h3*2-4,11H,5H2,1H3. The summed E-state index contributed by atoms with van der Waals surface area (Å²) < 4.78 is 39.1. The number of benzene rings is 3. The molecule has 0 radical (unpaired) electrons. The molecule has 0 spiro atoms. The van der Waals surface area contributed by atoms with Crippen molar-refractivity contribution in [2.24, 2.45) is 0 Å². The minimum absolute atomic E-state index is 0.178. The van der Waals surface area contributed by atoms with Crippen LogP contribution in [-0.4, -0.2) is 21.1 Å². The van der Waals surface area contributed by atoms with Crippen molar-refractivity contribution < 1.29 is 13.2 Å². The molecule has 0 aromatic heterocycles. The maximum absolute atomic E-state index is 13.0. The molecule has 0 bridgehead atoms. The highest BCUT2D eigenvalue weighted by atomic mass is 35.5. The minimum atomic E-state index is -0.330. The van der Waals surface area contributed by atoms with Crippen LogP contribution in [0.2, 0.25) is 15.1 Å². The Morgan fingerprint density at radius 3 is 0.970 bits per heavy atom. The van der Waals surface area contributed by atoms with Crippen molar-refractivity contribution in [1.82, 2.24) is 16.0 Å². The maximum atomic E-state index is 13.0. The first-order valence-electron chi connectivity index (χ1n) is 9.99. The number of rotatable bonds is 6. The minimum Gasteiger partial charge on any atom is -0.316 e. The van der Waals surface area contributed by atoms with Crippen LogP contribution in [0.5, 0.6) is 0 Å². The molecule has 3 aromatic rings. The summed E-state index contributed by atoms with van der Waals surface area (Å²) in [5, 5.41) is 9.10. The number of nitrogens with one attached hydrogen (secondary N) is 3. The van der Waals surface area contributed by atoms with Crippen LogP contribution < -0.4 is 16.0 Å². The van der Waals surface area contributed by atoms with Crippen molar-refractivity contribution in [1.29, 1.82) is 0 Å². The monoisotopic (exact) mass is 519 g/mol. The Bertz CT molecular complexity index is 877. The molecule has 9 heteroatoms. The van der Waals surface area contributed by atoms with E-state index in [1.165, 1.54) is 18.2 Å². The molecule has 33 heavy (non-hydrogen) atoms. The molecule has 0 saturated heterocycles. The third-order valence-electron chi connectivity index (χ3n) is 4.20. The van der Waals surface area contributed by atoms with Crippen LogP contribution in [0.15, 0.2) is 54.6 Å². The van der Waals surface area contributed by atoms with Gasteiger partial charge in [0, 0.05) is 36.3 Å². The fourth-order valence-electron chi connectivity index (χ4n) is 2.63. The van der Waals surface area contributed by atoms with Gasteiger partial charge in [0.1, 0.15) is 17.5 Å². The van der Waals surface area contributed by atoms with Gasteiger partial charge in [-0.1, -0.05) is 71.2 Å². The van der Waals surface area contributed by atoms with E-state index < -0.39 is 0 Å². The van der Waals surface area contributed by atoms with Crippen molar-refractivity contribution in [3.8, 4) is 0 Å². The average molecular weight is 521 g/mol. The summed E-state index contributed by atoms with van der Waals surface area (Å²) in [5.74, 6) is -0.990. The Labute approximate surface area is 208 Å². The molecule has 3 aromatic carbocycles. The number of hydrogen-bond donors (Lipinski definition) is 3. The lowest BCUT2D eigenvalue weighted by atomic mass is 10.2. The van der Waals surface area contributed by atoms with Gasteiger partial charge >= 0.3 is 0 Å². The van der Waals surface area contributed by atoms with E-state index in [4.69, 9.17) is 34.8 Å². The van der Waals surface area contributed by atoms with Gasteiger partial charge in [-0.05, 0) is 39.3 Å². The quantitative estimate of drug-likeness (QED) is 0.343. The molecular formula is C24H27Cl3F3N3. The highest BCUT2D eigenvalue weighted by molar-refractivity contribution is 6.31. The topological polar surface area (TPSA) is 36.1 Å². The fourth-order valence-corrected chi connectivity index (χ4v) is 3.21. The second-order valence-electron chi connectivity index (χ2n) is 6.73. The van der Waals surface area contributed by atoms with Gasteiger partial charge in [-0.2, -0.15) is 0 Å². The predicted molar refractivity (Wildman–Crippen MR) is 133 cm³/mol. The van der Waals surface area contributed by atoms with Crippen molar-refractivity contribution >= 4 is 34.8 Å². The van der Waals surface area contributed by atoms with Crippen molar-refractivity contribution in [3.05, 3.63) is 104 Å². The van der Waals surface area contributed by atoms with Crippen LogP contribution >= 0.6 is 34.8 Å². The molecule has 0 heterocycles. The number of halogens is 6. The molecule has 0 saturated carbocycles. The molecule has 3 rings (SSSR count). The van der Waals surface area contributed by atoms with Crippen LogP contribution in [0.4, 0.5) is 13.2 Å². The van der Waals surface area contributed by atoms with Crippen molar-refractivity contribution in [2.75, 3.05) is 21.1 Å². The normalized spacial score (nSPS) is 10.1. The van der Waals surface area contributed by atoms with Crippen LogP contribution in [0.1, 0.15) is 16.7 Å². The summed E-state index contributed by atoms with van der Waals surface area (Å²) in [6.45, 7) is 1.52. The summed E-state index contributed by atoms with van der Waals surface area (Å²) in [5.41, 5.74) is 1.79. The Hall–Kier alpha value is -1.80. The van der Waals surface area contributed by atoms with Gasteiger partial charge < -0.3 is 16.0 Å². The highest BCUT2D eigenvalue weighted by Gasteiger charge is 2.05. The van der Waals surface area contributed by atoms with Gasteiger partial charge in [-0.15, -0.1) is 0 Å². The molecule has 3 N–H and O–H groups in total. The summed E-state index contributed by atoms with van der Waals surface area (Å²) in [4.78, 5) is 0. The molecule has 0 aliphatic carbocycles. The van der Waals surface area contributed by atoms with E-state index in [0.717, 1.165) is 0 Å². The summed E-state index contributed by atoms with van der Waals surface area (Å²) >= 11 is 16.6. The van der Waals surface area contributed by atoms with E-state index in [1.807, 2.05) is 0 Å². The lowest BCUT2D eigenvalue weighted by molar-refractivity contribution is 0.601. The SMILES string of the molecule is CNCc1cccc(Cl)c1F.CNCc1cccc(Cl)c1F.CNCc1cccc(Cl)c1F. The van der Waals surface area contributed by atoms with Crippen LogP contribution in [-0.2, 0) is 19.6 Å². The average Bonchev–Trinajstić information content (AvgIpc) is 2.79. The van der Waals surface area contributed by atoms with E-state index >= 15 is 0 Å². The molecule has 0 aliphatic rings. The molecule has 180 valence electrons. The van der Waals surface area contributed by atoms with E-state index in [0.29, 0.717) is 36.3 Å². The Balaban J connectivity index is 0.000000247.